The van der Waals surface area contributed by atoms with E-state index >= 15 is 0 Å². The number of aromatic nitrogens is 4. The standard InChI is InChI=1S/C26H23N5S/c1-3-17(2)29-25-22-21(18-9-5-4-6-10-18)23(19-12-15-27-16-13-19)32-26(22)31-24(30-25)20-11-7-8-14-28-20/h4-17H,3H2,1-2H3,(H,29,30,31). The number of benzene rings is 1. The molecule has 0 saturated carbocycles. The van der Waals surface area contributed by atoms with Crippen molar-refractivity contribution in [3.63, 3.8) is 0 Å². The Morgan fingerprint density at radius 1 is 0.875 bits per heavy atom. The molecule has 6 heteroatoms. The Bertz CT molecular complexity index is 1330. The first kappa shape index (κ1) is 20.3. The van der Waals surface area contributed by atoms with Gasteiger partial charge >= 0.3 is 0 Å². The number of pyridine rings is 2. The number of nitrogens with zero attached hydrogens (tertiary/aromatic N) is 4. The predicted molar refractivity (Wildman–Crippen MR) is 133 cm³/mol. The van der Waals surface area contributed by atoms with Gasteiger partial charge in [0, 0.05) is 35.1 Å². The first-order valence-corrected chi connectivity index (χ1v) is 11.5. The zero-order valence-electron chi connectivity index (χ0n) is 18.0. The summed E-state index contributed by atoms with van der Waals surface area (Å²) < 4.78 is 0. The largest absolute Gasteiger partial charge is 0.367 e. The molecular weight excluding hydrogens is 414 g/mol. The lowest BCUT2D eigenvalue weighted by atomic mass is 10.00. The van der Waals surface area contributed by atoms with E-state index in [4.69, 9.17) is 9.97 Å². The summed E-state index contributed by atoms with van der Waals surface area (Å²) >= 11 is 1.68. The zero-order valence-corrected chi connectivity index (χ0v) is 18.8. The summed E-state index contributed by atoms with van der Waals surface area (Å²) in [6.07, 6.45) is 6.43. The van der Waals surface area contributed by atoms with Gasteiger partial charge in [-0.3, -0.25) is 9.97 Å². The van der Waals surface area contributed by atoms with Gasteiger partial charge in [0.05, 0.1) is 5.39 Å². The highest BCUT2D eigenvalue weighted by Crippen LogP contribution is 2.46. The van der Waals surface area contributed by atoms with Crippen molar-refractivity contribution in [2.45, 2.75) is 26.3 Å². The third-order valence-corrected chi connectivity index (χ3v) is 6.58. The third-order valence-electron chi connectivity index (χ3n) is 5.45. The fourth-order valence-electron chi connectivity index (χ4n) is 3.64. The second-order valence-corrected chi connectivity index (χ2v) is 8.65. The Balaban J connectivity index is 1.84. The molecule has 1 atom stereocenters. The second kappa shape index (κ2) is 8.85. The molecule has 0 fully saturated rings. The summed E-state index contributed by atoms with van der Waals surface area (Å²) in [6.45, 7) is 4.34. The van der Waals surface area contributed by atoms with Gasteiger partial charge in [-0.1, -0.05) is 43.3 Å². The van der Waals surface area contributed by atoms with E-state index in [-0.39, 0.29) is 6.04 Å². The third kappa shape index (κ3) is 3.85. The van der Waals surface area contributed by atoms with Crippen molar-refractivity contribution in [2.24, 2.45) is 0 Å². The van der Waals surface area contributed by atoms with Crippen LogP contribution < -0.4 is 5.32 Å². The monoisotopic (exact) mass is 437 g/mol. The van der Waals surface area contributed by atoms with Crippen molar-refractivity contribution in [2.75, 3.05) is 5.32 Å². The molecule has 0 radical (unpaired) electrons. The first-order chi connectivity index (χ1) is 15.7. The Labute approximate surface area is 191 Å². The van der Waals surface area contributed by atoms with E-state index in [9.17, 15) is 0 Å². The van der Waals surface area contributed by atoms with E-state index < -0.39 is 0 Å². The Morgan fingerprint density at radius 2 is 1.66 bits per heavy atom. The van der Waals surface area contributed by atoms with Crippen molar-refractivity contribution in [1.29, 1.82) is 0 Å². The number of anilines is 1. The summed E-state index contributed by atoms with van der Waals surface area (Å²) in [5.41, 5.74) is 4.18. The van der Waals surface area contributed by atoms with Crippen LogP contribution in [0.1, 0.15) is 20.3 Å². The minimum atomic E-state index is 0.276. The first-order valence-electron chi connectivity index (χ1n) is 10.7. The van der Waals surface area contributed by atoms with Crippen LogP contribution in [-0.2, 0) is 0 Å². The van der Waals surface area contributed by atoms with Crippen molar-refractivity contribution in [1.82, 2.24) is 19.9 Å². The van der Waals surface area contributed by atoms with Crippen molar-refractivity contribution >= 4 is 27.4 Å². The van der Waals surface area contributed by atoms with E-state index in [1.54, 1.807) is 17.5 Å². The van der Waals surface area contributed by atoms with Crippen molar-refractivity contribution in [3.05, 3.63) is 79.3 Å². The number of nitrogens with one attached hydrogen (secondary N) is 1. The molecule has 0 spiro atoms. The maximum atomic E-state index is 4.96. The van der Waals surface area contributed by atoms with E-state index in [0.29, 0.717) is 5.82 Å². The Morgan fingerprint density at radius 3 is 2.38 bits per heavy atom. The molecule has 0 aliphatic rings. The SMILES string of the molecule is CCC(C)Nc1nc(-c2ccccn2)nc2sc(-c3ccncc3)c(-c3ccccc3)c12. The lowest BCUT2D eigenvalue weighted by Gasteiger charge is -2.15. The molecule has 158 valence electrons. The summed E-state index contributed by atoms with van der Waals surface area (Å²) in [7, 11) is 0. The molecule has 5 rings (SSSR count). The van der Waals surface area contributed by atoms with Crippen LogP contribution in [0.4, 0.5) is 5.82 Å². The van der Waals surface area contributed by atoms with Crippen LogP contribution in [0, 0.1) is 0 Å². The molecule has 0 amide bonds. The molecule has 1 unspecified atom stereocenters. The molecular formula is C26H23N5S. The van der Waals surface area contributed by atoms with Crippen LogP contribution in [0.5, 0.6) is 0 Å². The maximum absolute atomic E-state index is 4.96. The van der Waals surface area contributed by atoms with Gasteiger partial charge in [-0.15, -0.1) is 11.3 Å². The van der Waals surface area contributed by atoms with Crippen LogP contribution >= 0.6 is 11.3 Å². The fraction of sp³-hybridized carbons (Fsp3) is 0.154. The van der Waals surface area contributed by atoms with Crippen molar-refractivity contribution < 1.29 is 0 Å². The summed E-state index contributed by atoms with van der Waals surface area (Å²) in [4.78, 5) is 20.7. The molecule has 4 aromatic heterocycles. The number of hydrogen-bond donors (Lipinski definition) is 1. The molecule has 5 aromatic rings. The van der Waals surface area contributed by atoms with Crippen LogP contribution in [0.3, 0.4) is 0 Å². The average Bonchev–Trinajstić information content (AvgIpc) is 3.25. The van der Waals surface area contributed by atoms with E-state index in [0.717, 1.165) is 49.7 Å². The van der Waals surface area contributed by atoms with Crippen molar-refractivity contribution in [3.8, 4) is 33.1 Å². The molecule has 0 aliphatic carbocycles. The average molecular weight is 438 g/mol. The van der Waals surface area contributed by atoms with Gasteiger partial charge in [0.1, 0.15) is 16.3 Å². The lowest BCUT2D eigenvalue weighted by Crippen LogP contribution is -2.15. The molecule has 4 heterocycles. The fourth-order valence-corrected chi connectivity index (χ4v) is 4.84. The predicted octanol–water partition coefficient (Wildman–Crippen LogP) is 6.69. The van der Waals surface area contributed by atoms with Gasteiger partial charge in [-0.2, -0.15) is 0 Å². The van der Waals surface area contributed by atoms with Crippen LogP contribution in [0.15, 0.2) is 79.3 Å². The number of rotatable bonds is 6. The number of thiophene rings is 1. The Kier molecular flexibility index (Phi) is 5.60. The summed E-state index contributed by atoms with van der Waals surface area (Å²) in [5, 5.41) is 4.68. The summed E-state index contributed by atoms with van der Waals surface area (Å²) in [6, 6.07) is 20.7. The molecule has 0 aliphatic heterocycles. The number of hydrogen-bond acceptors (Lipinski definition) is 6. The molecule has 32 heavy (non-hydrogen) atoms. The minimum Gasteiger partial charge on any atom is -0.367 e. The van der Waals surface area contributed by atoms with E-state index in [1.807, 2.05) is 48.8 Å². The molecule has 0 bridgehead atoms. The van der Waals surface area contributed by atoms with Gasteiger partial charge < -0.3 is 5.32 Å². The van der Waals surface area contributed by atoms with E-state index in [1.165, 1.54) is 0 Å². The topological polar surface area (TPSA) is 63.6 Å². The highest BCUT2D eigenvalue weighted by molar-refractivity contribution is 7.22. The molecule has 1 aromatic carbocycles. The van der Waals surface area contributed by atoms with Crippen LogP contribution in [-0.4, -0.2) is 26.0 Å². The van der Waals surface area contributed by atoms with Gasteiger partial charge in [0.25, 0.3) is 0 Å². The number of fused-ring (bicyclic) bond motifs is 1. The van der Waals surface area contributed by atoms with Gasteiger partial charge in [-0.25, -0.2) is 9.97 Å². The lowest BCUT2D eigenvalue weighted by molar-refractivity contribution is 0.760. The molecule has 1 N–H and O–H groups in total. The quantitative estimate of drug-likeness (QED) is 0.320. The van der Waals surface area contributed by atoms with Gasteiger partial charge in [0.2, 0.25) is 0 Å². The van der Waals surface area contributed by atoms with Crippen LogP contribution in [0.25, 0.3) is 43.3 Å². The van der Waals surface area contributed by atoms with Gasteiger partial charge in [-0.05, 0) is 48.7 Å². The molecule has 5 nitrogen and oxygen atoms in total. The smallest absolute Gasteiger partial charge is 0.181 e. The zero-order chi connectivity index (χ0) is 21.9. The highest BCUT2D eigenvalue weighted by atomic mass is 32.1. The Hall–Kier alpha value is -3.64. The highest BCUT2D eigenvalue weighted by Gasteiger charge is 2.22. The summed E-state index contributed by atoms with van der Waals surface area (Å²) in [5.74, 6) is 1.48. The van der Waals surface area contributed by atoms with Gasteiger partial charge in [0.15, 0.2) is 5.82 Å². The van der Waals surface area contributed by atoms with Crippen LogP contribution in [0.2, 0.25) is 0 Å². The van der Waals surface area contributed by atoms with E-state index in [2.05, 4.69) is 53.4 Å². The normalized spacial score (nSPS) is 12.1. The maximum Gasteiger partial charge on any atom is 0.181 e. The minimum absolute atomic E-state index is 0.276. The molecule has 0 saturated heterocycles. The second-order valence-electron chi connectivity index (χ2n) is 7.65.